The van der Waals surface area contributed by atoms with Crippen LogP contribution in [-0.2, 0) is 15.5 Å². The van der Waals surface area contributed by atoms with E-state index in [4.69, 9.17) is 9.47 Å². The lowest BCUT2D eigenvalue weighted by molar-refractivity contribution is 0.0992. The first kappa shape index (κ1) is 15.5. The molecule has 0 aromatic heterocycles. The molecule has 4 nitrogen and oxygen atoms in total. The number of para-hydroxylation sites is 1. The van der Waals surface area contributed by atoms with Gasteiger partial charge in [0.2, 0.25) is 0 Å². The number of hydrogen-bond donors (Lipinski definition) is 1. The van der Waals surface area contributed by atoms with Crippen molar-refractivity contribution in [2.24, 2.45) is 0 Å². The Hall–Kier alpha value is -0.910. The molecule has 0 spiro atoms. The Balaban J connectivity index is 2.06. The highest BCUT2D eigenvalue weighted by Gasteiger charge is 2.24. The Morgan fingerprint density at radius 3 is 2.75 bits per heavy atom. The van der Waals surface area contributed by atoms with Gasteiger partial charge in [-0.2, -0.15) is 0 Å². The Labute approximate surface area is 123 Å². The van der Waals surface area contributed by atoms with Crippen molar-refractivity contribution >= 4 is 10.8 Å². The van der Waals surface area contributed by atoms with Gasteiger partial charge in [0, 0.05) is 46.6 Å². The summed E-state index contributed by atoms with van der Waals surface area (Å²) in [5, 5.41) is 3.52. The van der Waals surface area contributed by atoms with Crippen LogP contribution in [0.5, 0.6) is 5.75 Å². The molecule has 0 amide bonds. The number of rotatable bonds is 6. The molecule has 0 radical (unpaired) electrons. The van der Waals surface area contributed by atoms with Crippen molar-refractivity contribution in [1.29, 1.82) is 0 Å². The highest BCUT2D eigenvalue weighted by Crippen LogP contribution is 2.26. The summed E-state index contributed by atoms with van der Waals surface area (Å²) in [4.78, 5) is 0. The zero-order valence-corrected chi connectivity index (χ0v) is 12.9. The van der Waals surface area contributed by atoms with E-state index in [0.717, 1.165) is 37.4 Å². The SMILES string of the molecule is CNC(CS(=O)C1CCOCC1)c1ccccc1OC. The number of hydrogen-bond acceptors (Lipinski definition) is 4. The number of methoxy groups -OCH3 is 1. The number of benzene rings is 1. The molecule has 1 fully saturated rings. The summed E-state index contributed by atoms with van der Waals surface area (Å²) < 4.78 is 23.2. The molecule has 2 unspecified atom stereocenters. The molecule has 1 N–H and O–H groups in total. The largest absolute Gasteiger partial charge is 0.496 e. The fourth-order valence-corrected chi connectivity index (χ4v) is 4.19. The minimum absolute atomic E-state index is 0.0508. The van der Waals surface area contributed by atoms with E-state index < -0.39 is 10.8 Å². The number of ether oxygens (including phenoxy) is 2. The Bertz CT molecular complexity index is 446. The van der Waals surface area contributed by atoms with Gasteiger partial charge in [0.15, 0.2) is 0 Å². The molecular formula is C15H23NO3S. The van der Waals surface area contributed by atoms with Crippen LogP contribution in [0.3, 0.4) is 0 Å². The standard InChI is InChI=1S/C15H23NO3S/c1-16-14(13-5-3-4-6-15(13)18-2)11-20(17)12-7-9-19-10-8-12/h3-6,12,14,16H,7-11H2,1-2H3. The molecule has 1 aliphatic heterocycles. The molecule has 5 heteroatoms. The predicted molar refractivity (Wildman–Crippen MR) is 81.6 cm³/mol. The molecule has 0 aliphatic carbocycles. The molecular weight excluding hydrogens is 274 g/mol. The maximum absolute atomic E-state index is 12.5. The second kappa shape index (κ2) is 7.76. The third-order valence-corrected chi connectivity index (χ3v) is 5.61. The van der Waals surface area contributed by atoms with Crippen molar-refractivity contribution in [1.82, 2.24) is 5.32 Å². The van der Waals surface area contributed by atoms with E-state index in [2.05, 4.69) is 5.32 Å². The highest BCUT2D eigenvalue weighted by atomic mass is 32.2. The summed E-state index contributed by atoms with van der Waals surface area (Å²) in [7, 11) is 2.72. The van der Waals surface area contributed by atoms with Crippen LogP contribution in [0, 0.1) is 0 Å². The normalized spacial score (nSPS) is 19.5. The van der Waals surface area contributed by atoms with Crippen molar-refractivity contribution < 1.29 is 13.7 Å². The molecule has 1 aliphatic rings. The summed E-state index contributed by atoms with van der Waals surface area (Å²) in [5.41, 5.74) is 1.07. The van der Waals surface area contributed by atoms with Gasteiger partial charge in [-0.3, -0.25) is 4.21 Å². The zero-order valence-electron chi connectivity index (χ0n) is 12.1. The van der Waals surface area contributed by atoms with Crippen LogP contribution in [0.4, 0.5) is 0 Å². The first-order valence-corrected chi connectivity index (χ1v) is 8.39. The third kappa shape index (κ3) is 3.81. The van der Waals surface area contributed by atoms with Crippen molar-refractivity contribution in [3.8, 4) is 5.75 Å². The van der Waals surface area contributed by atoms with Crippen LogP contribution < -0.4 is 10.1 Å². The molecule has 0 saturated carbocycles. The second-order valence-corrected chi connectivity index (χ2v) is 6.70. The van der Waals surface area contributed by atoms with Crippen LogP contribution >= 0.6 is 0 Å². The summed E-state index contributed by atoms with van der Waals surface area (Å²) in [6.45, 7) is 1.46. The van der Waals surface area contributed by atoms with Crippen molar-refractivity contribution in [3.05, 3.63) is 29.8 Å². The van der Waals surface area contributed by atoms with E-state index >= 15 is 0 Å². The van der Waals surface area contributed by atoms with Gasteiger partial charge in [-0.25, -0.2) is 0 Å². The minimum atomic E-state index is -0.845. The Morgan fingerprint density at radius 2 is 2.10 bits per heavy atom. The summed E-state index contributed by atoms with van der Waals surface area (Å²) >= 11 is 0. The first-order chi connectivity index (χ1) is 9.76. The van der Waals surface area contributed by atoms with Gasteiger partial charge in [-0.15, -0.1) is 0 Å². The molecule has 20 heavy (non-hydrogen) atoms. The fourth-order valence-electron chi connectivity index (χ4n) is 2.52. The Kier molecular flexibility index (Phi) is 6.01. The van der Waals surface area contributed by atoms with E-state index in [1.165, 1.54) is 0 Å². The van der Waals surface area contributed by atoms with Gasteiger partial charge in [-0.05, 0) is 26.0 Å². The van der Waals surface area contributed by atoms with Crippen molar-refractivity contribution in [2.75, 3.05) is 33.1 Å². The molecule has 112 valence electrons. The molecule has 2 rings (SSSR count). The molecule has 1 aromatic carbocycles. The van der Waals surface area contributed by atoms with E-state index in [1.54, 1.807) is 7.11 Å². The first-order valence-electron chi connectivity index (χ1n) is 7.01. The average Bonchev–Trinajstić information content (AvgIpc) is 2.53. The van der Waals surface area contributed by atoms with Crippen LogP contribution in [-0.4, -0.2) is 42.6 Å². The third-order valence-electron chi connectivity index (χ3n) is 3.73. The highest BCUT2D eigenvalue weighted by molar-refractivity contribution is 7.85. The number of nitrogens with one attached hydrogen (secondary N) is 1. The fraction of sp³-hybridized carbons (Fsp3) is 0.600. The molecule has 2 atom stereocenters. The minimum Gasteiger partial charge on any atom is -0.496 e. The molecule has 1 heterocycles. The topological polar surface area (TPSA) is 47.6 Å². The van der Waals surface area contributed by atoms with Crippen LogP contribution in [0.2, 0.25) is 0 Å². The summed E-state index contributed by atoms with van der Waals surface area (Å²) in [5.74, 6) is 1.46. The lowest BCUT2D eigenvalue weighted by Gasteiger charge is -2.25. The van der Waals surface area contributed by atoms with E-state index in [0.29, 0.717) is 5.75 Å². The summed E-state index contributed by atoms with van der Waals surface area (Å²) in [6, 6.07) is 7.96. The van der Waals surface area contributed by atoms with E-state index in [9.17, 15) is 4.21 Å². The van der Waals surface area contributed by atoms with Crippen molar-refractivity contribution in [3.63, 3.8) is 0 Å². The molecule has 0 bridgehead atoms. The van der Waals surface area contributed by atoms with Gasteiger partial charge in [0.05, 0.1) is 7.11 Å². The molecule has 1 saturated heterocycles. The quantitative estimate of drug-likeness (QED) is 0.871. The van der Waals surface area contributed by atoms with Gasteiger partial charge in [0.1, 0.15) is 5.75 Å². The zero-order chi connectivity index (χ0) is 14.4. The second-order valence-electron chi connectivity index (χ2n) is 4.94. The van der Waals surface area contributed by atoms with Gasteiger partial charge in [-0.1, -0.05) is 18.2 Å². The van der Waals surface area contributed by atoms with E-state index in [1.807, 2.05) is 31.3 Å². The van der Waals surface area contributed by atoms with Crippen molar-refractivity contribution in [2.45, 2.75) is 24.1 Å². The molecule has 1 aromatic rings. The van der Waals surface area contributed by atoms with Crippen LogP contribution in [0.15, 0.2) is 24.3 Å². The van der Waals surface area contributed by atoms with Gasteiger partial charge >= 0.3 is 0 Å². The van der Waals surface area contributed by atoms with Gasteiger partial charge in [0.25, 0.3) is 0 Å². The lowest BCUT2D eigenvalue weighted by Crippen LogP contribution is -2.31. The van der Waals surface area contributed by atoms with E-state index in [-0.39, 0.29) is 11.3 Å². The predicted octanol–water partition coefficient (Wildman–Crippen LogP) is 1.88. The average molecular weight is 297 g/mol. The maximum Gasteiger partial charge on any atom is 0.123 e. The monoisotopic (exact) mass is 297 g/mol. The Morgan fingerprint density at radius 1 is 1.40 bits per heavy atom. The maximum atomic E-state index is 12.5. The van der Waals surface area contributed by atoms with Crippen LogP contribution in [0.1, 0.15) is 24.4 Å². The van der Waals surface area contributed by atoms with Crippen LogP contribution in [0.25, 0.3) is 0 Å². The summed E-state index contributed by atoms with van der Waals surface area (Å²) in [6.07, 6.45) is 1.80. The van der Waals surface area contributed by atoms with Gasteiger partial charge < -0.3 is 14.8 Å². The smallest absolute Gasteiger partial charge is 0.123 e. The lowest BCUT2D eigenvalue weighted by atomic mass is 10.1.